The Kier molecular flexibility index (Phi) is 4.74. The van der Waals surface area contributed by atoms with Crippen molar-refractivity contribution in [1.82, 2.24) is 15.5 Å². The van der Waals surface area contributed by atoms with Gasteiger partial charge in [0.2, 0.25) is 0 Å². The maximum Gasteiger partial charge on any atom is 0.325 e. The average molecular weight is 243 g/mol. The summed E-state index contributed by atoms with van der Waals surface area (Å²) in [5.74, 6) is -0.656. The largest absolute Gasteiger partial charge is 0.480 e. The number of nitrogens with one attached hydrogen (secondary N) is 2. The zero-order chi connectivity index (χ0) is 13.0. The highest BCUT2D eigenvalue weighted by Gasteiger charge is 2.26. The first-order chi connectivity index (χ1) is 7.90. The van der Waals surface area contributed by atoms with Crippen LogP contribution < -0.4 is 10.6 Å². The van der Waals surface area contributed by atoms with Crippen LogP contribution in [0.5, 0.6) is 0 Å². The quantitative estimate of drug-likeness (QED) is 0.656. The van der Waals surface area contributed by atoms with Gasteiger partial charge < -0.3 is 20.6 Å². The number of aliphatic carboxylic acids is 1. The molecule has 0 saturated carbocycles. The number of hydrogen-bond donors (Lipinski definition) is 3. The Labute approximate surface area is 101 Å². The van der Waals surface area contributed by atoms with E-state index >= 15 is 0 Å². The van der Waals surface area contributed by atoms with Crippen LogP contribution in [0.4, 0.5) is 4.79 Å². The van der Waals surface area contributed by atoms with E-state index in [2.05, 4.69) is 29.5 Å². The number of carboxylic acids is 1. The van der Waals surface area contributed by atoms with Crippen molar-refractivity contribution in [3.05, 3.63) is 0 Å². The summed E-state index contributed by atoms with van der Waals surface area (Å²) < 4.78 is 0. The summed E-state index contributed by atoms with van der Waals surface area (Å²) in [6.45, 7) is 5.42. The summed E-state index contributed by atoms with van der Waals surface area (Å²) in [4.78, 5) is 24.4. The second-order valence-corrected chi connectivity index (χ2v) is 4.81. The molecule has 0 aromatic carbocycles. The van der Waals surface area contributed by atoms with E-state index in [1.165, 1.54) is 6.92 Å². The Balaban J connectivity index is 2.38. The van der Waals surface area contributed by atoms with Crippen LogP contribution in [0.1, 0.15) is 20.3 Å². The molecule has 6 heteroatoms. The third-order valence-electron chi connectivity index (χ3n) is 3.14. The lowest BCUT2D eigenvalue weighted by atomic mass is 9.94. The third kappa shape index (κ3) is 4.22. The number of carbonyl (C=O) groups excluding carboxylic acids is 1. The normalized spacial score (nSPS) is 27.2. The van der Waals surface area contributed by atoms with Gasteiger partial charge in [0.05, 0.1) is 0 Å². The molecule has 1 rings (SSSR count). The SMILES string of the molecule is CC(NC(=O)NC1CCN(C)CC1C)C(=O)O. The van der Waals surface area contributed by atoms with Gasteiger partial charge in [-0.3, -0.25) is 4.79 Å². The van der Waals surface area contributed by atoms with Crippen LogP contribution in [-0.2, 0) is 4.79 Å². The Bertz CT molecular complexity index is 296. The van der Waals surface area contributed by atoms with E-state index in [1.54, 1.807) is 0 Å². The highest BCUT2D eigenvalue weighted by atomic mass is 16.4. The molecular weight excluding hydrogens is 222 g/mol. The maximum atomic E-state index is 11.6. The molecular formula is C11H21N3O3. The summed E-state index contributed by atoms with van der Waals surface area (Å²) in [5.41, 5.74) is 0. The monoisotopic (exact) mass is 243 g/mol. The molecule has 3 N–H and O–H groups in total. The number of urea groups is 1. The number of amides is 2. The molecule has 17 heavy (non-hydrogen) atoms. The molecule has 1 aliphatic heterocycles. The Morgan fingerprint density at radius 3 is 2.65 bits per heavy atom. The van der Waals surface area contributed by atoms with E-state index in [4.69, 9.17) is 5.11 Å². The molecule has 6 nitrogen and oxygen atoms in total. The Morgan fingerprint density at radius 1 is 1.47 bits per heavy atom. The fourth-order valence-corrected chi connectivity index (χ4v) is 2.04. The standard InChI is InChI=1S/C11H21N3O3/c1-7-6-14(3)5-4-9(7)13-11(17)12-8(2)10(15)16/h7-9H,4-6H2,1-3H3,(H,15,16)(H2,12,13,17). The first-order valence-electron chi connectivity index (χ1n) is 5.88. The fraction of sp³-hybridized carbons (Fsp3) is 0.818. The molecule has 0 bridgehead atoms. The van der Waals surface area contributed by atoms with Crippen molar-refractivity contribution < 1.29 is 14.7 Å². The minimum Gasteiger partial charge on any atom is -0.480 e. The lowest BCUT2D eigenvalue weighted by Crippen LogP contribution is -2.53. The number of piperidine rings is 1. The second kappa shape index (κ2) is 5.86. The van der Waals surface area contributed by atoms with E-state index in [-0.39, 0.29) is 6.04 Å². The Morgan fingerprint density at radius 2 is 2.12 bits per heavy atom. The first kappa shape index (κ1) is 13.8. The highest BCUT2D eigenvalue weighted by molar-refractivity contribution is 5.82. The van der Waals surface area contributed by atoms with Crippen molar-refractivity contribution in [1.29, 1.82) is 0 Å². The third-order valence-corrected chi connectivity index (χ3v) is 3.14. The highest BCUT2D eigenvalue weighted by Crippen LogP contribution is 2.14. The van der Waals surface area contributed by atoms with E-state index in [9.17, 15) is 9.59 Å². The molecule has 3 atom stereocenters. The summed E-state index contributed by atoms with van der Waals surface area (Å²) in [7, 11) is 2.05. The number of likely N-dealkylation sites (tertiary alicyclic amines) is 1. The van der Waals surface area contributed by atoms with Gasteiger partial charge in [0, 0.05) is 12.6 Å². The van der Waals surface area contributed by atoms with E-state index in [1.807, 2.05) is 0 Å². The second-order valence-electron chi connectivity index (χ2n) is 4.81. The molecule has 0 aromatic rings. The van der Waals surface area contributed by atoms with Crippen molar-refractivity contribution in [2.24, 2.45) is 5.92 Å². The van der Waals surface area contributed by atoms with Gasteiger partial charge in [-0.05, 0) is 32.9 Å². The van der Waals surface area contributed by atoms with Crippen molar-refractivity contribution in [2.75, 3.05) is 20.1 Å². The number of rotatable bonds is 3. The number of carboxylic acid groups (broad SMARTS) is 1. The van der Waals surface area contributed by atoms with Gasteiger partial charge >= 0.3 is 12.0 Å². The van der Waals surface area contributed by atoms with Gasteiger partial charge in [-0.2, -0.15) is 0 Å². The van der Waals surface area contributed by atoms with Crippen LogP contribution in [0, 0.1) is 5.92 Å². The van der Waals surface area contributed by atoms with Gasteiger partial charge in [0.25, 0.3) is 0 Å². The predicted molar refractivity (Wildman–Crippen MR) is 63.8 cm³/mol. The molecule has 1 aliphatic rings. The molecule has 1 fully saturated rings. The molecule has 0 aromatic heterocycles. The topological polar surface area (TPSA) is 81.7 Å². The zero-order valence-electron chi connectivity index (χ0n) is 10.6. The summed E-state index contributed by atoms with van der Waals surface area (Å²) in [6, 6.07) is -1.15. The molecule has 3 unspecified atom stereocenters. The summed E-state index contributed by atoms with van der Waals surface area (Å²) in [5, 5.41) is 13.9. The maximum absolute atomic E-state index is 11.6. The smallest absolute Gasteiger partial charge is 0.325 e. The average Bonchev–Trinajstić information content (AvgIpc) is 2.22. The van der Waals surface area contributed by atoms with Crippen molar-refractivity contribution in [3.8, 4) is 0 Å². The summed E-state index contributed by atoms with van der Waals surface area (Å²) in [6.07, 6.45) is 0.895. The lowest BCUT2D eigenvalue weighted by molar-refractivity contribution is -0.138. The van der Waals surface area contributed by atoms with Crippen LogP contribution in [-0.4, -0.2) is 54.2 Å². The van der Waals surface area contributed by atoms with Gasteiger partial charge in [0.1, 0.15) is 6.04 Å². The minimum absolute atomic E-state index is 0.118. The number of carbonyl (C=O) groups is 2. The fourth-order valence-electron chi connectivity index (χ4n) is 2.04. The van der Waals surface area contributed by atoms with E-state index in [0.29, 0.717) is 5.92 Å². The molecule has 0 spiro atoms. The van der Waals surface area contributed by atoms with Crippen LogP contribution in [0.15, 0.2) is 0 Å². The first-order valence-corrected chi connectivity index (χ1v) is 5.88. The molecule has 0 aliphatic carbocycles. The lowest BCUT2D eigenvalue weighted by Gasteiger charge is -2.35. The van der Waals surface area contributed by atoms with Gasteiger partial charge in [-0.15, -0.1) is 0 Å². The number of hydrogen-bond acceptors (Lipinski definition) is 3. The molecule has 1 heterocycles. The van der Waals surface area contributed by atoms with E-state index in [0.717, 1.165) is 19.5 Å². The molecule has 98 valence electrons. The predicted octanol–water partition coefficient (Wildman–Crippen LogP) is 0.0989. The van der Waals surface area contributed by atoms with Crippen molar-refractivity contribution >= 4 is 12.0 Å². The van der Waals surface area contributed by atoms with Gasteiger partial charge in [0.15, 0.2) is 0 Å². The molecule has 2 amide bonds. The van der Waals surface area contributed by atoms with Crippen LogP contribution in [0.3, 0.4) is 0 Å². The Hall–Kier alpha value is -1.30. The van der Waals surface area contributed by atoms with Crippen molar-refractivity contribution in [2.45, 2.75) is 32.4 Å². The van der Waals surface area contributed by atoms with Crippen LogP contribution in [0.25, 0.3) is 0 Å². The summed E-state index contributed by atoms with van der Waals surface area (Å²) >= 11 is 0. The molecule has 1 saturated heterocycles. The van der Waals surface area contributed by atoms with Crippen molar-refractivity contribution in [3.63, 3.8) is 0 Å². The minimum atomic E-state index is -1.03. The van der Waals surface area contributed by atoms with Crippen LogP contribution in [0.2, 0.25) is 0 Å². The molecule has 0 radical (unpaired) electrons. The van der Waals surface area contributed by atoms with Gasteiger partial charge in [-0.25, -0.2) is 4.79 Å². The van der Waals surface area contributed by atoms with Crippen LogP contribution >= 0.6 is 0 Å². The number of nitrogens with zero attached hydrogens (tertiary/aromatic N) is 1. The van der Waals surface area contributed by atoms with E-state index < -0.39 is 18.0 Å². The zero-order valence-corrected chi connectivity index (χ0v) is 10.6. The van der Waals surface area contributed by atoms with Gasteiger partial charge in [-0.1, -0.05) is 6.92 Å².